The molecule has 122 valence electrons. The van der Waals surface area contributed by atoms with Crippen LogP contribution in [0.15, 0.2) is 27.8 Å². The fraction of sp³-hybridized carbons (Fsp3) is 0.611. The molecule has 0 saturated heterocycles. The molecule has 0 saturated carbocycles. The Hall–Kier alpha value is -0.613. The molecule has 2 rings (SSSR count). The number of benzene rings is 1. The highest BCUT2D eigenvalue weighted by atomic mass is 79.9. The van der Waals surface area contributed by atoms with Crippen molar-refractivity contribution < 1.29 is 4.53 Å². The molecule has 0 bridgehead atoms. The van der Waals surface area contributed by atoms with Gasteiger partial charge in [0.05, 0.1) is 5.71 Å². The van der Waals surface area contributed by atoms with Crippen molar-refractivity contribution in [2.45, 2.75) is 71.0 Å². The maximum atomic E-state index is 6.41. The van der Waals surface area contributed by atoms with Crippen LogP contribution in [0.25, 0.3) is 0 Å². The molecule has 0 amide bonds. The van der Waals surface area contributed by atoms with Crippen molar-refractivity contribution in [3.8, 4) is 0 Å². The first-order valence-corrected chi connectivity index (χ1v) is 11.3. The van der Waals surface area contributed by atoms with Gasteiger partial charge in [-0.15, -0.1) is 5.16 Å². The van der Waals surface area contributed by atoms with Crippen molar-refractivity contribution >= 4 is 30.0 Å². The van der Waals surface area contributed by atoms with Gasteiger partial charge in [0.15, 0.2) is 0 Å². The van der Waals surface area contributed by atoms with E-state index in [9.17, 15) is 0 Å². The van der Waals surface area contributed by atoms with E-state index >= 15 is 0 Å². The Morgan fingerprint density at radius 2 is 1.59 bits per heavy atom. The maximum Gasteiger partial charge on any atom is 0.295 e. The molecule has 0 aliphatic heterocycles. The largest absolute Gasteiger partial charge is 0.454 e. The molecule has 0 unspecified atom stereocenters. The molecule has 22 heavy (non-hydrogen) atoms. The number of halogens is 1. The number of oxime groups is 1. The Morgan fingerprint density at radius 3 is 2.14 bits per heavy atom. The van der Waals surface area contributed by atoms with Crippen molar-refractivity contribution in [2.75, 3.05) is 0 Å². The molecular weight excluding hydrogens is 354 g/mol. The summed E-state index contributed by atoms with van der Waals surface area (Å²) in [5.41, 5.74) is 5.43. The van der Waals surface area contributed by atoms with Crippen LogP contribution in [0.1, 0.15) is 59.1 Å². The van der Waals surface area contributed by atoms with E-state index in [2.05, 4.69) is 75.7 Å². The third-order valence-electron chi connectivity index (χ3n) is 5.04. The van der Waals surface area contributed by atoms with E-state index in [1.165, 1.54) is 11.1 Å². The number of hydrogen-bond donors (Lipinski definition) is 0. The van der Waals surface area contributed by atoms with Gasteiger partial charge in [-0.25, -0.2) is 0 Å². The fourth-order valence-electron chi connectivity index (χ4n) is 3.97. The van der Waals surface area contributed by atoms with Crippen molar-refractivity contribution in [1.82, 2.24) is 0 Å². The predicted octanol–water partition coefficient (Wildman–Crippen LogP) is 6.29. The molecule has 0 aromatic heterocycles. The van der Waals surface area contributed by atoms with Gasteiger partial charge < -0.3 is 4.53 Å². The lowest BCUT2D eigenvalue weighted by Gasteiger charge is -2.39. The lowest BCUT2D eigenvalue weighted by Crippen LogP contribution is -2.46. The van der Waals surface area contributed by atoms with Crippen LogP contribution >= 0.6 is 15.9 Å². The fourth-order valence-corrected chi connectivity index (χ4v) is 9.23. The highest BCUT2D eigenvalue weighted by Crippen LogP contribution is 2.42. The summed E-state index contributed by atoms with van der Waals surface area (Å²) >= 11 is 3.57. The minimum atomic E-state index is -1.93. The molecule has 1 aromatic carbocycles. The van der Waals surface area contributed by atoms with Crippen molar-refractivity contribution in [3.05, 3.63) is 33.8 Å². The molecular formula is C18H28BrNOSi. The molecule has 2 nitrogen and oxygen atoms in total. The van der Waals surface area contributed by atoms with E-state index in [0.717, 1.165) is 23.0 Å². The zero-order chi connectivity index (χ0) is 16.5. The maximum absolute atomic E-state index is 6.41. The van der Waals surface area contributed by atoms with E-state index in [1.54, 1.807) is 0 Å². The normalized spacial score (nSPS) is 16.9. The second-order valence-electron chi connectivity index (χ2n) is 7.25. The smallest absolute Gasteiger partial charge is 0.295 e. The van der Waals surface area contributed by atoms with Gasteiger partial charge in [-0.1, -0.05) is 63.5 Å². The highest BCUT2D eigenvalue weighted by molar-refractivity contribution is 9.10. The molecule has 0 heterocycles. The number of aryl methyl sites for hydroxylation is 1. The zero-order valence-corrected chi connectivity index (χ0v) is 17.2. The summed E-state index contributed by atoms with van der Waals surface area (Å²) in [6, 6.07) is 6.48. The van der Waals surface area contributed by atoms with Gasteiger partial charge in [-0.2, -0.15) is 0 Å². The standard InChI is InChI=1S/C18H28BrNOSi/c1-12(2)22(13(3)4,14(5)6)21-20-18-10-8-15-7-9-16(19)11-17(15)18/h7,9,11-14H,8,10H2,1-6H3/b20-18+. The van der Waals surface area contributed by atoms with Crippen LogP contribution in [0, 0.1) is 0 Å². The van der Waals surface area contributed by atoms with Crippen LogP contribution in [0.4, 0.5) is 0 Å². The zero-order valence-electron chi connectivity index (χ0n) is 14.6. The van der Waals surface area contributed by atoms with E-state index in [-0.39, 0.29) is 0 Å². The first-order chi connectivity index (χ1) is 10.3. The van der Waals surface area contributed by atoms with Gasteiger partial charge >= 0.3 is 0 Å². The Morgan fingerprint density at radius 1 is 1.00 bits per heavy atom. The Balaban J connectivity index is 2.33. The molecule has 0 radical (unpaired) electrons. The summed E-state index contributed by atoms with van der Waals surface area (Å²) in [5.74, 6) is 0. The lowest BCUT2D eigenvalue weighted by molar-refractivity contribution is 0.296. The van der Waals surface area contributed by atoms with Gasteiger partial charge in [-0.05, 0) is 47.2 Å². The van der Waals surface area contributed by atoms with E-state index in [4.69, 9.17) is 9.68 Å². The Bertz CT molecular complexity index is 544. The van der Waals surface area contributed by atoms with Gasteiger partial charge in [0.1, 0.15) is 0 Å². The SMILES string of the molecule is CC(C)[Si](O/N=C1\CCc2ccc(Br)cc21)(C(C)C)C(C)C. The van der Waals surface area contributed by atoms with Gasteiger partial charge in [0.25, 0.3) is 8.32 Å². The van der Waals surface area contributed by atoms with Crippen LogP contribution in [-0.2, 0) is 10.9 Å². The van der Waals surface area contributed by atoms with Crippen LogP contribution in [0.5, 0.6) is 0 Å². The monoisotopic (exact) mass is 381 g/mol. The molecule has 4 heteroatoms. The highest BCUT2D eigenvalue weighted by Gasteiger charge is 2.48. The van der Waals surface area contributed by atoms with Crippen molar-refractivity contribution in [2.24, 2.45) is 5.16 Å². The Kier molecular flexibility index (Phi) is 5.54. The topological polar surface area (TPSA) is 21.6 Å². The van der Waals surface area contributed by atoms with Gasteiger partial charge in [0.2, 0.25) is 0 Å². The average molecular weight is 382 g/mol. The van der Waals surface area contributed by atoms with Gasteiger partial charge in [-0.3, -0.25) is 0 Å². The number of hydrogen-bond acceptors (Lipinski definition) is 2. The minimum Gasteiger partial charge on any atom is -0.454 e. The average Bonchev–Trinajstić information content (AvgIpc) is 2.80. The van der Waals surface area contributed by atoms with E-state index in [0.29, 0.717) is 16.6 Å². The second kappa shape index (κ2) is 6.87. The van der Waals surface area contributed by atoms with E-state index in [1.807, 2.05) is 0 Å². The van der Waals surface area contributed by atoms with Crippen molar-refractivity contribution in [3.63, 3.8) is 0 Å². The van der Waals surface area contributed by atoms with Gasteiger partial charge in [0, 0.05) is 10.0 Å². The number of nitrogens with zero attached hydrogens (tertiary/aromatic N) is 1. The molecule has 1 aliphatic carbocycles. The minimum absolute atomic E-state index is 0.556. The molecule has 1 aromatic rings. The molecule has 0 atom stereocenters. The Labute approximate surface area is 144 Å². The third kappa shape index (κ3) is 3.18. The summed E-state index contributed by atoms with van der Waals surface area (Å²) in [6.45, 7) is 13.8. The molecule has 0 N–H and O–H groups in total. The lowest BCUT2D eigenvalue weighted by atomic mass is 10.1. The first-order valence-electron chi connectivity index (χ1n) is 8.32. The molecule has 0 spiro atoms. The van der Waals surface area contributed by atoms with E-state index < -0.39 is 8.32 Å². The molecule has 1 aliphatic rings. The van der Waals surface area contributed by atoms with Crippen LogP contribution in [0.3, 0.4) is 0 Å². The summed E-state index contributed by atoms with van der Waals surface area (Å²) in [4.78, 5) is 0. The van der Waals surface area contributed by atoms with Crippen molar-refractivity contribution in [1.29, 1.82) is 0 Å². The van der Waals surface area contributed by atoms with Crippen LogP contribution < -0.4 is 0 Å². The summed E-state index contributed by atoms with van der Waals surface area (Å²) < 4.78 is 7.52. The second-order valence-corrected chi connectivity index (χ2v) is 13.5. The summed E-state index contributed by atoms with van der Waals surface area (Å²) in [6.07, 6.45) is 2.06. The number of fused-ring (bicyclic) bond motifs is 1. The van der Waals surface area contributed by atoms with Crippen LogP contribution in [0.2, 0.25) is 16.6 Å². The van der Waals surface area contributed by atoms with Crippen LogP contribution in [-0.4, -0.2) is 14.0 Å². The number of rotatable bonds is 5. The summed E-state index contributed by atoms with van der Waals surface area (Å²) in [7, 11) is -1.93. The molecule has 0 fully saturated rings. The summed E-state index contributed by atoms with van der Waals surface area (Å²) in [5, 5.41) is 4.70. The first kappa shape index (κ1) is 17.7. The predicted molar refractivity (Wildman–Crippen MR) is 101 cm³/mol. The quantitative estimate of drug-likeness (QED) is 0.433. The third-order valence-corrected chi connectivity index (χ3v) is 11.3.